The molecule has 0 aliphatic carbocycles. The molecule has 3 nitrogen and oxygen atoms in total. The maximum Gasteiger partial charge on any atom is 0.122 e. The van der Waals surface area contributed by atoms with Crippen LogP contribution in [0.3, 0.4) is 0 Å². The quantitative estimate of drug-likeness (QED) is 0.349. The van der Waals surface area contributed by atoms with E-state index in [4.69, 9.17) is 27.5 Å². The minimum atomic E-state index is 0.0670. The average molecular weight is 365 g/mol. The molecule has 4 heteroatoms. The highest BCUT2D eigenvalue weighted by atomic mass is 35.5. The fraction of sp³-hybridized carbons (Fsp3) is 0.136. The molecular formula is C22H21ClN2O. The lowest BCUT2D eigenvalue weighted by atomic mass is 10.0. The van der Waals surface area contributed by atoms with E-state index < -0.39 is 0 Å². The van der Waals surface area contributed by atoms with Crippen molar-refractivity contribution in [2.75, 3.05) is 0 Å². The molecule has 26 heavy (non-hydrogen) atoms. The number of hydrogen-bond acceptors (Lipinski definition) is 2. The van der Waals surface area contributed by atoms with Crippen LogP contribution >= 0.6 is 11.6 Å². The second-order valence-electron chi connectivity index (χ2n) is 6.42. The Balaban J connectivity index is 1.91. The van der Waals surface area contributed by atoms with Gasteiger partial charge >= 0.3 is 0 Å². The van der Waals surface area contributed by atoms with Crippen molar-refractivity contribution >= 4 is 39.3 Å². The van der Waals surface area contributed by atoms with E-state index >= 15 is 0 Å². The van der Waals surface area contributed by atoms with Crippen molar-refractivity contribution in [3.05, 3.63) is 77.4 Å². The summed E-state index contributed by atoms with van der Waals surface area (Å²) < 4.78 is 5.73. The van der Waals surface area contributed by atoms with E-state index in [0.717, 1.165) is 27.6 Å². The maximum atomic E-state index is 7.54. The number of halogens is 1. The van der Waals surface area contributed by atoms with Gasteiger partial charge in [0.25, 0.3) is 0 Å². The Labute approximate surface area is 158 Å². The van der Waals surface area contributed by atoms with Crippen LogP contribution in [-0.2, 0) is 0 Å². The number of hydrogen-bond donors (Lipinski definition) is 2. The van der Waals surface area contributed by atoms with Crippen molar-refractivity contribution < 1.29 is 4.74 Å². The van der Waals surface area contributed by atoms with Gasteiger partial charge in [0.15, 0.2) is 0 Å². The van der Waals surface area contributed by atoms with Gasteiger partial charge in [-0.2, -0.15) is 0 Å². The lowest BCUT2D eigenvalue weighted by Crippen LogP contribution is -2.10. The molecule has 0 aliphatic heterocycles. The Morgan fingerprint density at radius 3 is 2.31 bits per heavy atom. The van der Waals surface area contributed by atoms with Crippen molar-refractivity contribution in [3.63, 3.8) is 0 Å². The molecule has 132 valence electrons. The molecule has 0 spiro atoms. The van der Waals surface area contributed by atoms with E-state index in [-0.39, 0.29) is 11.9 Å². The minimum Gasteiger partial charge on any atom is -0.491 e. The Morgan fingerprint density at radius 1 is 1.00 bits per heavy atom. The normalized spacial score (nSPS) is 11.8. The standard InChI is InChI=1S/C22H21ClN2O/c1-14(2)26-20-5-3-4-15(10-20)11-21(23)18-8-6-17-13-19(22(24)25)9-7-16(17)12-18/h3-14H,1-2H3,(H3,24,25)/b21-11-. The van der Waals surface area contributed by atoms with Crippen LogP contribution in [0.5, 0.6) is 5.75 Å². The summed E-state index contributed by atoms with van der Waals surface area (Å²) in [6, 6.07) is 19.6. The molecule has 0 heterocycles. The third kappa shape index (κ3) is 4.24. The molecule has 3 N–H and O–H groups in total. The van der Waals surface area contributed by atoms with E-state index in [9.17, 15) is 0 Å². The molecule has 0 bridgehead atoms. The van der Waals surface area contributed by atoms with Crippen molar-refractivity contribution in [1.29, 1.82) is 5.41 Å². The number of benzene rings is 3. The van der Waals surface area contributed by atoms with E-state index in [0.29, 0.717) is 10.6 Å². The molecule has 0 fully saturated rings. The predicted molar refractivity (Wildman–Crippen MR) is 111 cm³/mol. The van der Waals surface area contributed by atoms with Crippen molar-refractivity contribution in [3.8, 4) is 5.75 Å². The van der Waals surface area contributed by atoms with Crippen LogP contribution in [0.4, 0.5) is 0 Å². The van der Waals surface area contributed by atoms with Gasteiger partial charge in [0.05, 0.1) is 6.10 Å². The monoisotopic (exact) mass is 364 g/mol. The molecule has 0 aliphatic rings. The summed E-state index contributed by atoms with van der Waals surface area (Å²) in [6.45, 7) is 4.00. The summed E-state index contributed by atoms with van der Waals surface area (Å²) in [7, 11) is 0. The molecule has 0 unspecified atom stereocenters. The fourth-order valence-corrected chi connectivity index (χ4v) is 2.98. The molecule has 3 aromatic rings. The molecule has 0 amide bonds. The van der Waals surface area contributed by atoms with Crippen molar-refractivity contribution in [2.24, 2.45) is 5.73 Å². The Morgan fingerprint density at radius 2 is 1.65 bits per heavy atom. The number of nitrogen functional groups attached to an aromatic ring is 1. The Kier molecular flexibility index (Phi) is 5.29. The van der Waals surface area contributed by atoms with E-state index in [1.54, 1.807) is 0 Å². The molecule has 0 radical (unpaired) electrons. The Hall–Kier alpha value is -2.78. The van der Waals surface area contributed by atoms with Crippen LogP contribution in [0.15, 0.2) is 60.7 Å². The van der Waals surface area contributed by atoms with Gasteiger partial charge < -0.3 is 10.5 Å². The van der Waals surface area contributed by atoms with Crippen LogP contribution in [0.25, 0.3) is 21.9 Å². The lowest BCUT2D eigenvalue weighted by molar-refractivity contribution is 0.242. The Bertz CT molecular complexity index is 992. The van der Waals surface area contributed by atoms with Gasteiger partial charge in [-0.25, -0.2) is 0 Å². The average Bonchev–Trinajstić information content (AvgIpc) is 2.60. The number of nitrogens with one attached hydrogen (secondary N) is 1. The summed E-state index contributed by atoms with van der Waals surface area (Å²) in [4.78, 5) is 0. The smallest absolute Gasteiger partial charge is 0.122 e. The number of rotatable bonds is 5. The third-order valence-electron chi connectivity index (χ3n) is 3.95. The van der Waals surface area contributed by atoms with E-state index in [2.05, 4.69) is 0 Å². The number of fused-ring (bicyclic) bond motifs is 1. The fourth-order valence-electron chi connectivity index (χ4n) is 2.74. The number of nitrogens with two attached hydrogens (primary N) is 1. The van der Waals surface area contributed by atoms with Crippen LogP contribution < -0.4 is 10.5 Å². The van der Waals surface area contributed by atoms with E-state index in [1.807, 2.05) is 80.6 Å². The van der Waals surface area contributed by atoms with Gasteiger partial charge in [-0.05, 0) is 66.1 Å². The summed E-state index contributed by atoms with van der Waals surface area (Å²) in [5.74, 6) is 0.894. The van der Waals surface area contributed by atoms with Crippen LogP contribution in [-0.4, -0.2) is 11.9 Å². The second kappa shape index (κ2) is 7.63. The first-order valence-electron chi connectivity index (χ1n) is 8.45. The number of ether oxygens (including phenoxy) is 1. The highest BCUT2D eigenvalue weighted by Gasteiger charge is 2.04. The van der Waals surface area contributed by atoms with Crippen molar-refractivity contribution in [2.45, 2.75) is 20.0 Å². The molecule has 0 saturated heterocycles. The number of amidine groups is 1. The SMILES string of the molecule is CC(C)Oc1cccc(/C=C(\Cl)c2ccc3cc(C(=N)N)ccc3c2)c1. The minimum absolute atomic E-state index is 0.0670. The zero-order valence-corrected chi connectivity index (χ0v) is 15.5. The highest BCUT2D eigenvalue weighted by Crippen LogP contribution is 2.27. The van der Waals surface area contributed by atoms with Gasteiger partial charge in [0, 0.05) is 10.6 Å². The third-order valence-corrected chi connectivity index (χ3v) is 4.28. The van der Waals surface area contributed by atoms with Crippen LogP contribution in [0.1, 0.15) is 30.5 Å². The van der Waals surface area contributed by atoms with Crippen LogP contribution in [0, 0.1) is 5.41 Å². The van der Waals surface area contributed by atoms with E-state index in [1.165, 1.54) is 0 Å². The van der Waals surface area contributed by atoms with Gasteiger partial charge in [-0.1, -0.05) is 48.0 Å². The van der Waals surface area contributed by atoms with Gasteiger partial charge in [-0.3, -0.25) is 5.41 Å². The summed E-state index contributed by atoms with van der Waals surface area (Å²) in [5, 5.41) is 10.3. The molecule has 0 aromatic heterocycles. The second-order valence-corrected chi connectivity index (χ2v) is 6.83. The molecule has 0 atom stereocenters. The summed E-state index contributed by atoms with van der Waals surface area (Å²) >= 11 is 6.55. The highest BCUT2D eigenvalue weighted by molar-refractivity contribution is 6.51. The summed E-state index contributed by atoms with van der Waals surface area (Å²) in [6.07, 6.45) is 2.06. The maximum absolute atomic E-state index is 7.54. The van der Waals surface area contributed by atoms with Crippen molar-refractivity contribution in [1.82, 2.24) is 0 Å². The predicted octanol–water partition coefficient (Wildman–Crippen LogP) is 5.65. The first-order chi connectivity index (χ1) is 12.4. The molecule has 3 aromatic carbocycles. The molecule has 3 rings (SSSR count). The van der Waals surface area contributed by atoms with Gasteiger partial charge in [0.2, 0.25) is 0 Å². The molecule has 0 saturated carbocycles. The van der Waals surface area contributed by atoms with Gasteiger partial charge in [0.1, 0.15) is 11.6 Å². The zero-order chi connectivity index (χ0) is 18.7. The molecular weight excluding hydrogens is 344 g/mol. The largest absolute Gasteiger partial charge is 0.491 e. The van der Waals surface area contributed by atoms with Crippen LogP contribution in [0.2, 0.25) is 0 Å². The van der Waals surface area contributed by atoms with Gasteiger partial charge in [-0.15, -0.1) is 0 Å². The summed E-state index contributed by atoms with van der Waals surface area (Å²) in [5.41, 5.74) is 8.19. The topological polar surface area (TPSA) is 59.1 Å². The first kappa shape index (κ1) is 18.0. The first-order valence-corrected chi connectivity index (χ1v) is 8.82. The zero-order valence-electron chi connectivity index (χ0n) is 14.8. The lowest BCUT2D eigenvalue weighted by Gasteiger charge is -2.10.